The van der Waals surface area contributed by atoms with Crippen LogP contribution in [-0.4, -0.2) is 20.1 Å². The zero-order chi connectivity index (χ0) is 21.0. The normalized spacial score (nSPS) is 10.5. The van der Waals surface area contributed by atoms with Gasteiger partial charge in [0, 0.05) is 15.2 Å². The van der Waals surface area contributed by atoms with Crippen LogP contribution in [0.25, 0.3) is 0 Å². The lowest BCUT2D eigenvalue weighted by Crippen LogP contribution is -2.32. The van der Waals surface area contributed by atoms with E-state index in [-0.39, 0.29) is 5.91 Å². The summed E-state index contributed by atoms with van der Waals surface area (Å²) in [5, 5.41) is 0. The third-order valence-electron chi connectivity index (χ3n) is 4.70. The number of nitrogens with zero attached hydrogens (tertiary/aromatic N) is 1. The number of amides is 1. The maximum atomic E-state index is 13.7. The summed E-state index contributed by atoms with van der Waals surface area (Å²) < 4.78 is 11.8. The average molecular weight is 501 g/mol. The molecule has 0 saturated heterocycles. The first kappa shape index (κ1) is 21.2. The summed E-state index contributed by atoms with van der Waals surface area (Å²) in [5.41, 5.74) is 4.74. The van der Waals surface area contributed by atoms with E-state index >= 15 is 0 Å². The van der Waals surface area contributed by atoms with Crippen LogP contribution >= 0.6 is 22.6 Å². The number of hydrogen-bond acceptors (Lipinski definition) is 3. The van der Waals surface area contributed by atoms with Crippen LogP contribution in [0.5, 0.6) is 11.5 Å². The highest BCUT2D eigenvalue weighted by atomic mass is 127. The fourth-order valence-corrected chi connectivity index (χ4v) is 4.56. The molecule has 0 spiro atoms. The number of benzene rings is 3. The van der Waals surface area contributed by atoms with E-state index in [1.54, 1.807) is 32.4 Å². The number of anilines is 1. The van der Waals surface area contributed by atoms with Gasteiger partial charge < -0.3 is 14.4 Å². The molecule has 0 aliphatic heterocycles. The zero-order valence-electron chi connectivity index (χ0n) is 17.0. The smallest absolute Gasteiger partial charge is 0.258 e. The van der Waals surface area contributed by atoms with E-state index in [4.69, 9.17) is 9.47 Å². The van der Waals surface area contributed by atoms with Gasteiger partial charge in [-0.2, -0.15) is 0 Å². The second kappa shape index (κ2) is 9.31. The molecule has 0 fully saturated rings. The monoisotopic (exact) mass is 501 g/mol. The number of carbonyl (C=O) groups excluding carboxylic acids is 1. The SMILES string of the molecule is COc1cc(OC)cc(C(=O)N(Cc2ccccc2)c2c(C)cc(C)cc2I)c1. The van der Waals surface area contributed by atoms with Crippen molar-refractivity contribution in [2.45, 2.75) is 20.4 Å². The molecule has 3 aromatic carbocycles. The van der Waals surface area contributed by atoms with Crippen LogP contribution in [0.1, 0.15) is 27.0 Å². The molecule has 150 valence electrons. The first-order chi connectivity index (χ1) is 13.9. The highest BCUT2D eigenvalue weighted by Gasteiger charge is 2.23. The first-order valence-corrected chi connectivity index (χ1v) is 10.4. The van der Waals surface area contributed by atoms with E-state index < -0.39 is 0 Å². The molecule has 0 aliphatic carbocycles. The topological polar surface area (TPSA) is 38.8 Å². The molecule has 0 unspecified atom stereocenters. The minimum absolute atomic E-state index is 0.101. The summed E-state index contributed by atoms with van der Waals surface area (Å²) in [6, 6.07) is 19.5. The van der Waals surface area contributed by atoms with Crippen LogP contribution in [0.2, 0.25) is 0 Å². The van der Waals surface area contributed by atoms with E-state index in [9.17, 15) is 4.79 Å². The third kappa shape index (κ3) is 4.90. The van der Waals surface area contributed by atoms with Crippen LogP contribution in [0.15, 0.2) is 60.7 Å². The molecule has 3 rings (SSSR count). The molecule has 29 heavy (non-hydrogen) atoms. The Balaban J connectivity index is 2.12. The fraction of sp³-hybridized carbons (Fsp3) is 0.208. The van der Waals surface area contributed by atoms with Gasteiger partial charge in [0.2, 0.25) is 0 Å². The van der Waals surface area contributed by atoms with E-state index in [1.165, 1.54) is 5.56 Å². The lowest BCUT2D eigenvalue weighted by molar-refractivity contribution is 0.0984. The van der Waals surface area contributed by atoms with Crippen molar-refractivity contribution in [3.8, 4) is 11.5 Å². The molecule has 0 heterocycles. The van der Waals surface area contributed by atoms with Gasteiger partial charge in [-0.15, -0.1) is 0 Å². The lowest BCUT2D eigenvalue weighted by atomic mass is 10.1. The van der Waals surface area contributed by atoms with Gasteiger partial charge in [0.1, 0.15) is 11.5 Å². The summed E-state index contributed by atoms with van der Waals surface area (Å²) in [4.78, 5) is 15.5. The molecule has 0 aliphatic rings. The van der Waals surface area contributed by atoms with Crippen LogP contribution in [0.3, 0.4) is 0 Å². The predicted molar refractivity (Wildman–Crippen MR) is 125 cm³/mol. The molecule has 1 amide bonds. The van der Waals surface area contributed by atoms with Gasteiger partial charge in [0.25, 0.3) is 5.91 Å². The van der Waals surface area contributed by atoms with Crippen molar-refractivity contribution in [2.75, 3.05) is 19.1 Å². The summed E-state index contributed by atoms with van der Waals surface area (Å²) in [6.07, 6.45) is 0. The van der Waals surface area contributed by atoms with Gasteiger partial charge in [-0.25, -0.2) is 0 Å². The minimum Gasteiger partial charge on any atom is -0.497 e. The van der Waals surface area contributed by atoms with Crippen molar-refractivity contribution in [3.63, 3.8) is 0 Å². The van der Waals surface area contributed by atoms with Gasteiger partial charge in [0.15, 0.2) is 0 Å². The van der Waals surface area contributed by atoms with Crippen molar-refractivity contribution in [3.05, 3.63) is 86.5 Å². The molecule has 4 nitrogen and oxygen atoms in total. The van der Waals surface area contributed by atoms with E-state index in [2.05, 4.69) is 41.6 Å². The Bertz CT molecular complexity index is 973. The van der Waals surface area contributed by atoms with Crippen molar-refractivity contribution >= 4 is 34.2 Å². The highest BCUT2D eigenvalue weighted by molar-refractivity contribution is 14.1. The van der Waals surface area contributed by atoms with Crippen molar-refractivity contribution < 1.29 is 14.3 Å². The second-order valence-corrected chi connectivity index (χ2v) is 8.05. The van der Waals surface area contributed by atoms with Crippen LogP contribution in [-0.2, 0) is 6.54 Å². The fourth-order valence-electron chi connectivity index (χ4n) is 3.36. The molecule has 0 atom stereocenters. The van der Waals surface area contributed by atoms with E-state index in [1.807, 2.05) is 42.2 Å². The number of ether oxygens (including phenoxy) is 2. The van der Waals surface area contributed by atoms with E-state index in [0.717, 1.165) is 20.4 Å². The van der Waals surface area contributed by atoms with Crippen LogP contribution in [0.4, 0.5) is 5.69 Å². The molecule has 0 aromatic heterocycles. The van der Waals surface area contributed by atoms with Crippen molar-refractivity contribution in [2.24, 2.45) is 0 Å². The molecule has 0 bridgehead atoms. The molecular weight excluding hydrogens is 477 g/mol. The average Bonchev–Trinajstić information content (AvgIpc) is 2.72. The minimum atomic E-state index is -0.101. The Morgan fingerprint density at radius 3 is 2.10 bits per heavy atom. The van der Waals surface area contributed by atoms with Gasteiger partial charge in [0.05, 0.1) is 26.5 Å². The van der Waals surface area contributed by atoms with Crippen molar-refractivity contribution in [1.29, 1.82) is 0 Å². The van der Waals surface area contributed by atoms with Gasteiger partial charge >= 0.3 is 0 Å². The van der Waals surface area contributed by atoms with Crippen molar-refractivity contribution in [1.82, 2.24) is 0 Å². The van der Waals surface area contributed by atoms with E-state index in [0.29, 0.717) is 23.6 Å². The quantitative estimate of drug-likeness (QED) is 0.403. The number of aryl methyl sites for hydroxylation is 2. The zero-order valence-corrected chi connectivity index (χ0v) is 19.2. The summed E-state index contributed by atoms with van der Waals surface area (Å²) >= 11 is 2.31. The van der Waals surface area contributed by atoms with Crippen LogP contribution in [0, 0.1) is 17.4 Å². The maximum Gasteiger partial charge on any atom is 0.258 e. The standard InChI is InChI=1S/C24H24INO3/c1-16-10-17(2)23(22(25)11-16)26(15-18-8-6-5-7-9-18)24(27)19-12-20(28-3)14-21(13-19)29-4/h5-14H,15H2,1-4H3. The molecule has 0 N–H and O–H groups in total. The molecule has 0 saturated carbocycles. The predicted octanol–water partition coefficient (Wildman–Crippen LogP) is 5.77. The Kier molecular flexibility index (Phi) is 6.79. The third-order valence-corrected chi connectivity index (χ3v) is 5.52. The first-order valence-electron chi connectivity index (χ1n) is 9.28. The van der Waals surface area contributed by atoms with Gasteiger partial charge in [-0.05, 0) is 71.3 Å². The Hall–Kier alpha value is -2.54. The summed E-state index contributed by atoms with van der Waals surface area (Å²) in [7, 11) is 3.16. The highest BCUT2D eigenvalue weighted by Crippen LogP contribution is 2.32. The maximum absolute atomic E-state index is 13.7. The molecule has 0 radical (unpaired) electrons. The lowest BCUT2D eigenvalue weighted by Gasteiger charge is -2.27. The summed E-state index contributed by atoms with van der Waals surface area (Å²) in [5.74, 6) is 1.07. The molecule has 3 aromatic rings. The molecular formula is C24H24INO3. The number of methoxy groups -OCH3 is 2. The number of rotatable bonds is 6. The Morgan fingerprint density at radius 1 is 0.931 bits per heavy atom. The van der Waals surface area contributed by atoms with Gasteiger partial charge in [-0.3, -0.25) is 4.79 Å². The number of carbonyl (C=O) groups is 1. The molecule has 5 heteroatoms. The largest absolute Gasteiger partial charge is 0.497 e. The van der Waals surface area contributed by atoms with Crippen LogP contribution < -0.4 is 14.4 Å². The number of hydrogen-bond donors (Lipinski definition) is 0. The summed E-state index contributed by atoms with van der Waals surface area (Å²) in [6.45, 7) is 4.58. The second-order valence-electron chi connectivity index (χ2n) is 6.89. The Morgan fingerprint density at radius 2 is 1.55 bits per heavy atom. The number of halogens is 1. The Labute approximate surface area is 185 Å². The van der Waals surface area contributed by atoms with Gasteiger partial charge in [-0.1, -0.05) is 36.4 Å².